The lowest BCUT2D eigenvalue weighted by Crippen LogP contribution is -2.39. The first-order valence-corrected chi connectivity index (χ1v) is 8.46. The van der Waals surface area contributed by atoms with Crippen molar-refractivity contribution >= 4 is 23.6 Å². The summed E-state index contributed by atoms with van der Waals surface area (Å²) in [6.45, 7) is 6.20. The van der Waals surface area contributed by atoms with E-state index in [1.165, 1.54) is 0 Å². The molecule has 1 saturated heterocycles. The number of nitrogens with zero attached hydrogens (tertiary/aromatic N) is 2. The summed E-state index contributed by atoms with van der Waals surface area (Å²) in [7, 11) is 0. The molecular weight excluding hydrogens is 260 g/mol. The molecule has 19 heavy (non-hydrogen) atoms. The zero-order valence-corrected chi connectivity index (χ0v) is 12.9. The Morgan fingerprint density at radius 1 is 1.32 bits per heavy atom. The third-order valence-electron chi connectivity index (χ3n) is 3.00. The molecule has 0 radical (unpaired) electrons. The highest BCUT2D eigenvalue weighted by molar-refractivity contribution is 7.98. The van der Waals surface area contributed by atoms with Crippen LogP contribution in [0.5, 0.6) is 0 Å². The Morgan fingerprint density at radius 3 is 2.68 bits per heavy atom. The molecule has 0 bridgehead atoms. The highest BCUT2D eigenvalue weighted by Gasteiger charge is 2.17. The third-order valence-corrected chi connectivity index (χ3v) is 3.59. The van der Waals surface area contributed by atoms with Crippen molar-refractivity contribution in [1.29, 1.82) is 0 Å². The predicted octanol–water partition coefficient (Wildman–Crippen LogP) is 0.917. The number of rotatable bonds is 7. The van der Waals surface area contributed by atoms with Crippen molar-refractivity contribution in [2.45, 2.75) is 26.2 Å². The summed E-state index contributed by atoms with van der Waals surface area (Å²) in [6.07, 6.45) is 4.92. The van der Waals surface area contributed by atoms with E-state index in [1.807, 2.05) is 11.8 Å². The maximum absolute atomic E-state index is 11.9. The lowest BCUT2D eigenvalue weighted by molar-refractivity contribution is -0.129. The number of carbonyl (C=O) groups excluding carboxylic acids is 1. The Hall–Kier alpha value is -0.910. The van der Waals surface area contributed by atoms with Gasteiger partial charge >= 0.3 is 0 Å². The first-order chi connectivity index (χ1) is 9.27. The predicted molar refractivity (Wildman–Crippen MR) is 82.8 cm³/mol. The summed E-state index contributed by atoms with van der Waals surface area (Å²) in [5.41, 5.74) is 0. The summed E-state index contributed by atoms with van der Waals surface area (Å²) < 4.78 is 0. The molecule has 0 unspecified atom stereocenters. The number of hydrogen-bond acceptors (Lipinski definition) is 3. The lowest BCUT2D eigenvalue weighted by Gasteiger charge is -2.16. The molecule has 2 N–H and O–H groups in total. The van der Waals surface area contributed by atoms with E-state index in [1.54, 1.807) is 11.8 Å². The maximum atomic E-state index is 11.9. The Labute approximate surface area is 120 Å². The minimum absolute atomic E-state index is 0.255. The van der Waals surface area contributed by atoms with E-state index < -0.39 is 0 Å². The van der Waals surface area contributed by atoms with Gasteiger partial charge in [0.1, 0.15) is 0 Å². The van der Waals surface area contributed by atoms with Gasteiger partial charge < -0.3 is 15.5 Å². The van der Waals surface area contributed by atoms with Gasteiger partial charge in [-0.25, -0.2) is 0 Å². The van der Waals surface area contributed by atoms with Crippen LogP contribution in [0.4, 0.5) is 0 Å². The molecule has 0 saturated carbocycles. The summed E-state index contributed by atoms with van der Waals surface area (Å²) in [5.74, 6) is 2.08. The zero-order valence-electron chi connectivity index (χ0n) is 12.1. The van der Waals surface area contributed by atoms with Crippen LogP contribution in [-0.2, 0) is 4.79 Å². The van der Waals surface area contributed by atoms with Gasteiger partial charge in [-0.05, 0) is 26.0 Å². The molecule has 0 aliphatic carbocycles. The van der Waals surface area contributed by atoms with Crippen LogP contribution in [-0.4, -0.2) is 61.5 Å². The normalized spacial score (nSPS) is 15.7. The number of likely N-dealkylation sites (tertiary alicyclic amines) is 1. The fourth-order valence-electron chi connectivity index (χ4n) is 2.00. The summed E-state index contributed by atoms with van der Waals surface area (Å²) in [5, 5.41) is 6.41. The molecule has 1 fully saturated rings. The van der Waals surface area contributed by atoms with Gasteiger partial charge in [-0.1, -0.05) is 0 Å². The summed E-state index contributed by atoms with van der Waals surface area (Å²) in [6, 6.07) is 0. The second-order valence-electron chi connectivity index (χ2n) is 4.52. The van der Waals surface area contributed by atoms with Crippen molar-refractivity contribution in [3.8, 4) is 0 Å². The largest absolute Gasteiger partial charge is 0.357 e. The molecule has 1 amide bonds. The zero-order chi connectivity index (χ0) is 13.9. The van der Waals surface area contributed by atoms with Gasteiger partial charge in [-0.15, -0.1) is 0 Å². The summed E-state index contributed by atoms with van der Waals surface area (Å²) in [4.78, 5) is 18.3. The van der Waals surface area contributed by atoms with Crippen LogP contribution in [0.15, 0.2) is 4.99 Å². The van der Waals surface area contributed by atoms with Crippen molar-refractivity contribution in [1.82, 2.24) is 15.5 Å². The van der Waals surface area contributed by atoms with Gasteiger partial charge in [0.05, 0.1) is 6.54 Å². The minimum atomic E-state index is 0.255. The molecule has 1 heterocycles. The molecular formula is C13H26N4OS. The molecule has 6 heteroatoms. The Kier molecular flexibility index (Phi) is 8.45. The van der Waals surface area contributed by atoms with E-state index in [0.717, 1.165) is 50.7 Å². The van der Waals surface area contributed by atoms with Gasteiger partial charge in [-0.2, -0.15) is 11.8 Å². The Bertz CT molecular complexity index is 290. The Morgan fingerprint density at radius 2 is 2.05 bits per heavy atom. The first-order valence-electron chi connectivity index (χ1n) is 7.06. The Balaban J connectivity index is 2.22. The van der Waals surface area contributed by atoms with Crippen molar-refractivity contribution in [3.63, 3.8) is 0 Å². The smallest absolute Gasteiger partial charge is 0.224 e. The van der Waals surface area contributed by atoms with Gasteiger partial charge in [0.15, 0.2) is 5.96 Å². The van der Waals surface area contributed by atoms with E-state index in [-0.39, 0.29) is 5.91 Å². The van der Waals surface area contributed by atoms with Crippen molar-refractivity contribution < 1.29 is 4.79 Å². The lowest BCUT2D eigenvalue weighted by atomic mass is 10.3. The average Bonchev–Trinajstić information content (AvgIpc) is 2.93. The van der Waals surface area contributed by atoms with Crippen LogP contribution in [0, 0.1) is 0 Å². The standard InChI is InChI=1S/C13H26N4OS/c1-3-14-13(16-8-11-19-2)15-7-6-12(18)17-9-4-5-10-17/h3-11H2,1-2H3,(H2,14,15,16). The topological polar surface area (TPSA) is 56.7 Å². The molecule has 0 spiro atoms. The van der Waals surface area contributed by atoms with E-state index in [9.17, 15) is 4.79 Å². The van der Waals surface area contributed by atoms with Gasteiger partial charge in [-0.3, -0.25) is 9.79 Å². The molecule has 1 rings (SSSR count). The number of hydrogen-bond donors (Lipinski definition) is 2. The van der Waals surface area contributed by atoms with Crippen LogP contribution in [0.25, 0.3) is 0 Å². The fraction of sp³-hybridized carbons (Fsp3) is 0.846. The molecule has 110 valence electrons. The average molecular weight is 286 g/mol. The number of amides is 1. The van der Waals surface area contributed by atoms with E-state index >= 15 is 0 Å². The van der Waals surface area contributed by atoms with Crippen LogP contribution < -0.4 is 10.6 Å². The van der Waals surface area contributed by atoms with Gasteiger partial charge in [0.2, 0.25) is 5.91 Å². The number of nitrogens with one attached hydrogen (secondary N) is 2. The molecule has 1 aliphatic rings. The third kappa shape index (κ3) is 6.71. The summed E-state index contributed by atoms with van der Waals surface area (Å²) >= 11 is 1.78. The molecule has 0 aromatic rings. The molecule has 0 aromatic heterocycles. The molecule has 5 nitrogen and oxygen atoms in total. The molecule has 0 aromatic carbocycles. The molecule has 1 aliphatic heterocycles. The minimum Gasteiger partial charge on any atom is -0.357 e. The first kappa shape index (κ1) is 16.1. The highest BCUT2D eigenvalue weighted by Crippen LogP contribution is 2.08. The van der Waals surface area contributed by atoms with Crippen LogP contribution >= 0.6 is 11.8 Å². The number of aliphatic imine (C=N–C) groups is 1. The number of guanidine groups is 1. The SMILES string of the molecule is CCNC(=NCCSC)NCCC(=O)N1CCCC1. The fourth-order valence-corrected chi connectivity index (χ4v) is 2.28. The van der Waals surface area contributed by atoms with E-state index in [2.05, 4.69) is 21.9 Å². The monoisotopic (exact) mass is 286 g/mol. The van der Waals surface area contributed by atoms with Crippen molar-refractivity contribution in [3.05, 3.63) is 0 Å². The number of carbonyl (C=O) groups is 1. The highest BCUT2D eigenvalue weighted by atomic mass is 32.2. The van der Waals surface area contributed by atoms with Gasteiger partial charge in [0, 0.05) is 38.4 Å². The molecule has 0 atom stereocenters. The van der Waals surface area contributed by atoms with Crippen LogP contribution in [0.2, 0.25) is 0 Å². The van der Waals surface area contributed by atoms with Gasteiger partial charge in [0.25, 0.3) is 0 Å². The second-order valence-corrected chi connectivity index (χ2v) is 5.50. The number of thioether (sulfide) groups is 1. The van der Waals surface area contributed by atoms with Crippen LogP contribution in [0.1, 0.15) is 26.2 Å². The van der Waals surface area contributed by atoms with Crippen molar-refractivity contribution in [2.24, 2.45) is 4.99 Å². The van der Waals surface area contributed by atoms with Crippen molar-refractivity contribution in [2.75, 3.05) is 44.7 Å². The van der Waals surface area contributed by atoms with Crippen LogP contribution in [0.3, 0.4) is 0 Å². The van der Waals surface area contributed by atoms with E-state index in [0.29, 0.717) is 13.0 Å². The quantitative estimate of drug-likeness (QED) is 0.415. The second kappa shape index (κ2) is 9.95. The maximum Gasteiger partial charge on any atom is 0.224 e. The van der Waals surface area contributed by atoms with E-state index in [4.69, 9.17) is 0 Å².